The average Bonchev–Trinajstić information content (AvgIpc) is 3.44. The topological polar surface area (TPSA) is 68.0 Å². The summed E-state index contributed by atoms with van der Waals surface area (Å²) in [5.41, 5.74) is 3.78. The van der Waals surface area contributed by atoms with Gasteiger partial charge >= 0.3 is 6.03 Å². The van der Waals surface area contributed by atoms with Crippen LogP contribution >= 0.6 is 0 Å². The summed E-state index contributed by atoms with van der Waals surface area (Å²) in [5, 5.41) is 3.19. The van der Waals surface area contributed by atoms with Crippen molar-refractivity contribution in [2.24, 2.45) is 7.05 Å². The van der Waals surface area contributed by atoms with Crippen LogP contribution in [0.5, 0.6) is 0 Å². The van der Waals surface area contributed by atoms with Gasteiger partial charge in [-0.15, -0.1) is 0 Å². The van der Waals surface area contributed by atoms with Crippen molar-refractivity contribution in [3.63, 3.8) is 0 Å². The van der Waals surface area contributed by atoms with Crippen molar-refractivity contribution in [3.05, 3.63) is 83.4 Å². The number of carbonyl (C=O) groups excluding carboxylic acids is 1. The van der Waals surface area contributed by atoms with Crippen LogP contribution in [0.15, 0.2) is 55.0 Å². The molecule has 32 heavy (non-hydrogen) atoms. The number of aryl methyl sites for hydroxylation is 2. The van der Waals surface area contributed by atoms with E-state index in [0.717, 1.165) is 40.5 Å². The zero-order valence-electron chi connectivity index (χ0n) is 17.5. The fourth-order valence-electron chi connectivity index (χ4n) is 3.84. The highest BCUT2D eigenvalue weighted by atomic mass is 19.2. The van der Waals surface area contributed by atoms with Crippen molar-refractivity contribution in [1.82, 2.24) is 24.0 Å². The van der Waals surface area contributed by atoms with Gasteiger partial charge in [0.2, 0.25) is 5.95 Å². The molecule has 0 fully saturated rings. The predicted molar refractivity (Wildman–Crippen MR) is 115 cm³/mol. The lowest BCUT2D eigenvalue weighted by Crippen LogP contribution is -2.25. The first-order valence-electron chi connectivity index (χ1n) is 10.1. The summed E-state index contributed by atoms with van der Waals surface area (Å²) in [4.78, 5) is 23.5. The summed E-state index contributed by atoms with van der Waals surface area (Å²) in [6.45, 7) is 2.49. The Morgan fingerprint density at radius 3 is 2.72 bits per heavy atom. The van der Waals surface area contributed by atoms with Gasteiger partial charge in [-0.1, -0.05) is 6.07 Å². The molecule has 0 unspecified atom stereocenters. The maximum Gasteiger partial charge on any atom is 0.329 e. The van der Waals surface area contributed by atoms with Crippen molar-refractivity contribution in [1.29, 1.82) is 0 Å². The quantitative estimate of drug-likeness (QED) is 0.499. The van der Waals surface area contributed by atoms with Gasteiger partial charge in [0.1, 0.15) is 5.82 Å². The van der Waals surface area contributed by atoms with E-state index in [1.807, 2.05) is 42.9 Å². The number of nitrogens with zero attached hydrogens (tertiary/aromatic N) is 5. The Morgan fingerprint density at radius 2 is 2.00 bits per heavy atom. The van der Waals surface area contributed by atoms with Crippen molar-refractivity contribution in [2.75, 3.05) is 5.32 Å². The molecule has 3 aromatic heterocycles. The molecule has 1 aliphatic heterocycles. The molecule has 1 aromatic carbocycles. The summed E-state index contributed by atoms with van der Waals surface area (Å²) in [6.07, 6.45) is 5.42. The molecule has 0 aliphatic carbocycles. The molecule has 5 rings (SSSR count). The lowest BCUT2D eigenvalue weighted by molar-refractivity contribution is 0.207. The van der Waals surface area contributed by atoms with Crippen LogP contribution < -0.4 is 5.32 Å². The Balaban J connectivity index is 1.37. The summed E-state index contributed by atoms with van der Waals surface area (Å²) < 4.78 is 30.2. The van der Waals surface area contributed by atoms with Gasteiger partial charge in [-0.05, 0) is 48.4 Å². The lowest BCUT2D eigenvalue weighted by Gasteiger charge is -2.15. The van der Waals surface area contributed by atoms with Gasteiger partial charge < -0.3 is 14.8 Å². The summed E-state index contributed by atoms with van der Waals surface area (Å²) >= 11 is 0. The molecule has 0 bridgehead atoms. The third kappa shape index (κ3) is 3.51. The smallest absolute Gasteiger partial charge is 0.329 e. The number of fused-ring (bicyclic) bond motifs is 1. The maximum atomic E-state index is 13.5. The number of anilines is 2. The highest BCUT2D eigenvalue weighted by Crippen LogP contribution is 2.29. The minimum Gasteiger partial charge on any atom is -0.338 e. The molecule has 1 aliphatic rings. The molecule has 0 spiro atoms. The standard InChI is InChI=1S/C23H20F2N6O/c1-14-10-26-22(27-20-4-3-7-29(20)2)28-21(14)16-9-17-13-30(23(32)31(17)12-16)11-15-5-6-18(24)19(25)8-15/h3-10,12H,11,13H2,1-2H3,(H,26,27,28). The molecule has 0 saturated carbocycles. The first-order valence-corrected chi connectivity index (χ1v) is 10.1. The highest BCUT2D eigenvalue weighted by Gasteiger charge is 2.28. The number of benzene rings is 1. The van der Waals surface area contributed by atoms with Crippen LogP contribution in [-0.4, -0.2) is 30.0 Å². The van der Waals surface area contributed by atoms with Gasteiger partial charge in [0.05, 0.1) is 12.2 Å². The second-order valence-electron chi connectivity index (χ2n) is 7.83. The van der Waals surface area contributed by atoms with E-state index < -0.39 is 11.6 Å². The number of rotatable bonds is 5. The summed E-state index contributed by atoms with van der Waals surface area (Å²) in [7, 11) is 1.92. The Bertz CT molecular complexity index is 1340. The number of nitrogens with one attached hydrogen (secondary N) is 1. The van der Waals surface area contributed by atoms with Gasteiger partial charge in [0, 0.05) is 43.4 Å². The van der Waals surface area contributed by atoms with Crippen LogP contribution in [0, 0.1) is 18.6 Å². The van der Waals surface area contributed by atoms with Crippen LogP contribution in [0.3, 0.4) is 0 Å². The molecular weight excluding hydrogens is 414 g/mol. The third-order valence-electron chi connectivity index (χ3n) is 5.52. The second-order valence-corrected chi connectivity index (χ2v) is 7.83. The summed E-state index contributed by atoms with van der Waals surface area (Å²) in [5.74, 6) is -0.499. The number of carbonyl (C=O) groups is 1. The van der Waals surface area contributed by atoms with E-state index in [2.05, 4.69) is 15.3 Å². The minimum absolute atomic E-state index is 0.199. The van der Waals surface area contributed by atoms with E-state index in [9.17, 15) is 13.6 Å². The molecule has 1 amide bonds. The molecular formula is C23H20F2N6O. The van der Waals surface area contributed by atoms with Gasteiger partial charge in [-0.3, -0.25) is 4.57 Å². The van der Waals surface area contributed by atoms with Crippen LogP contribution in [-0.2, 0) is 20.1 Å². The van der Waals surface area contributed by atoms with Crippen molar-refractivity contribution >= 4 is 17.8 Å². The SMILES string of the molecule is Cc1cnc(Nc2cccn2C)nc1-c1cc2n(c1)C(=O)N(Cc1ccc(F)c(F)c1)C2. The molecule has 162 valence electrons. The monoisotopic (exact) mass is 434 g/mol. The molecule has 7 nitrogen and oxygen atoms in total. The Morgan fingerprint density at radius 1 is 1.16 bits per heavy atom. The Kier molecular flexibility index (Phi) is 4.73. The van der Waals surface area contributed by atoms with Crippen LogP contribution in [0.4, 0.5) is 25.3 Å². The lowest BCUT2D eigenvalue weighted by atomic mass is 10.1. The van der Waals surface area contributed by atoms with Gasteiger partial charge in [-0.25, -0.2) is 23.5 Å². The summed E-state index contributed by atoms with van der Waals surface area (Å²) in [6, 6.07) is 9.23. The molecule has 0 atom stereocenters. The number of halogens is 2. The number of hydrogen-bond acceptors (Lipinski definition) is 4. The molecule has 0 saturated heterocycles. The largest absolute Gasteiger partial charge is 0.338 e. The molecule has 9 heteroatoms. The van der Waals surface area contributed by atoms with Crippen LogP contribution in [0.2, 0.25) is 0 Å². The van der Waals surface area contributed by atoms with E-state index in [1.54, 1.807) is 21.9 Å². The van der Waals surface area contributed by atoms with Crippen LogP contribution in [0.25, 0.3) is 11.3 Å². The van der Waals surface area contributed by atoms with Gasteiger partial charge in [-0.2, -0.15) is 0 Å². The third-order valence-corrected chi connectivity index (χ3v) is 5.52. The van der Waals surface area contributed by atoms with E-state index in [-0.39, 0.29) is 12.6 Å². The van der Waals surface area contributed by atoms with Crippen molar-refractivity contribution in [2.45, 2.75) is 20.0 Å². The van der Waals surface area contributed by atoms with Gasteiger partial charge in [0.15, 0.2) is 11.6 Å². The van der Waals surface area contributed by atoms with E-state index >= 15 is 0 Å². The minimum atomic E-state index is -0.921. The molecule has 4 aromatic rings. The van der Waals surface area contributed by atoms with E-state index in [1.165, 1.54) is 6.07 Å². The average molecular weight is 434 g/mol. The zero-order chi connectivity index (χ0) is 22.4. The molecule has 4 heterocycles. The first-order chi connectivity index (χ1) is 15.4. The van der Waals surface area contributed by atoms with E-state index in [0.29, 0.717) is 18.1 Å². The first kappa shape index (κ1) is 19.9. The fraction of sp³-hybridized carbons (Fsp3) is 0.174. The highest BCUT2D eigenvalue weighted by molar-refractivity contribution is 5.83. The van der Waals surface area contributed by atoms with Gasteiger partial charge in [0.25, 0.3) is 0 Å². The number of aromatic nitrogens is 4. The molecule has 1 N–H and O–H groups in total. The molecule has 0 radical (unpaired) electrons. The van der Waals surface area contributed by atoms with Crippen molar-refractivity contribution < 1.29 is 13.6 Å². The number of amides is 1. The fourth-order valence-corrected chi connectivity index (χ4v) is 3.84. The Labute approximate surface area is 183 Å². The predicted octanol–water partition coefficient (Wildman–Crippen LogP) is 4.60. The van der Waals surface area contributed by atoms with Crippen molar-refractivity contribution in [3.8, 4) is 11.3 Å². The zero-order valence-corrected chi connectivity index (χ0v) is 17.5. The Hall–Kier alpha value is -4.01. The number of hydrogen-bond donors (Lipinski definition) is 1. The second kappa shape index (κ2) is 7.60. The maximum absolute atomic E-state index is 13.5. The normalized spacial score (nSPS) is 13.0. The van der Waals surface area contributed by atoms with Crippen LogP contribution in [0.1, 0.15) is 16.8 Å². The van der Waals surface area contributed by atoms with E-state index in [4.69, 9.17) is 0 Å².